The van der Waals surface area contributed by atoms with Gasteiger partial charge >= 0.3 is 6.18 Å². The van der Waals surface area contributed by atoms with Gasteiger partial charge in [-0.2, -0.15) is 18.4 Å². The van der Waals surface area contributed by atoms with Crippen molar-refractivity contribution in [3.8, 4) is 6.07 Å². The molecular weight excluding hydrogens is 143 g/mol. The van der Waals surface area contributed by atoms with Gasteiger partial charge in [0.25, 0.3) is 0 Å². The van der Waals surface area contributed by atoms with Crippen LogP contribution in [0.4, 0.5) is 13.2 Å². The molecule has 0 bridgehead atoms. The Morgan fingerprint density at radius 1 is 1.60 bits per heavy atom. The van der Waals surface area contributed by atoms with Crippen molar-refractivity contribution in [2.45, 2.75) is 19.5 Å². The molecule has 10 heavy (non-hydrogen) atoms. The van der Waals surface area contributed by atoms with Gasteiger partial charge in [0.2, 0.25) is 0 Å². The molecule has 1 saturated carbocycles. The highest BCUT2D eigenvalue weighted by molar-refractivity contribution is 5.15. The molecule has 1 fully saturated rings. The minimum absolute atomic E-state index is 0.0347. The van der Waals surface area contributed by atoms with Gasteiger partial charge in [-0.1, -0.05) is 0 Å². The van der Waals surface area contributed by atoms with Crippen LogP contribution in [0.15, 0.2) is 0 Å². The zero-order valence-corrected chi connectivity index (χ0v) is 5.37. The Morgan fingerprint density at radius 3 is 2.20 bits per heavy atom. The third-order valence-electron chi connectivity index (χ3n) is 1.89. The van der Waals surface area contributed by atoms with Crippen LogP contribution in [0.5, 0.6) is 0 Å². The topological polar surface area (TPSA) is 23.8 Å². The molecular formula is C6H6F3N. The number of hydrogen-bond donors (Lipinski definition) is 0. The Labute approximate surface area is 56.4 Å². The van der Waals surface area contributed by atoms with Crippen molar-refractivity contribution in [3.63, 3.8) is 0 Å². The highest BCUT2D eigenvalue weighted by Crippen LogP contribution is 2.59. The summed E-state index contributed by atoms with van der Waals surface area (Å²) in [6, 6.07) is 1.65. The standard InChI is InChI=1S/C6H6F3N/c1-5(3-10)2-4(5)6(7,8)9/h4H,2H2,1H3. The van der Waals surface area contributed by atoms with E-state index in [4.69, 9.17) is 5.26 Å². The van der Waals surface area contributed by atoms with Gasteiger partial charge < -0.3 is 0 Å². The van der Waals surface area contributed by atoms with Crippen LogP contribution in [0.3, 0.4) is 0 Å². The molecule has 1 nitrogen and oxygen atoms in total. The van der Waals surface area contributed by atoms with Crippen LogP contribution in [-0.2, 0) is 0 Å². The molecule has 2 unspecified atom stereocenters. The summed E-state index contributed by atoms with van der Waals surface area (Å²) >= 11 is 0. The van der Waals surface area contributed by atoms with Gasteiger partial charge in [-0.05, 0) is 13.3 Å². The third-order valence-corrected chi connectivity index (χ3v) is 1.89. The van der Waals surface area contributed by atoms with Crippen LogP contribution >= 0.6 is 0 Å². The molecule has 0 saturated heterocycles. The molecule has 1 aliphatic rings. The first kappa shape index (κ1) is 7.39. The van der Waals surface area contributed by atoms with E-state index >= 15 is 0 Å². The lowest BCUT2D eigenvalue weighted by Gasteiger charge is -2.04. The van der Waals surface area contributed by atoms with Crippen molar-refractivity contribution in [3.05, 3.63) is 0 Å². The molecule has 1 aliphatic carbocycles. The monoisotopic (exact) mass is 149 g/mol. The maximum atomic E-state index is 11.8. The first-order valence-corrected chi connectivity index (χ1v) is 2.88. The van der Waals surface area contributed by atoms with Crippen LogP contribution in [0.1, 0.15) is 13.3 Å². The fourth-order valence-electron chi connectivity index (χ4n) is 0.966. The number of halogens is 3. The fourth-order valence-corrected chi connectivity index (χ4v) is 0.966. The lowest BCUT2D eigenvalue weighted by molar-refractivity contribution is -0.153. The predicted molar refractivity (Wildman–Crippen MR) is 27.9 cm³/mol. The minimum atomic E-state index is -4.18. The van der Waals surface area contributed by atoms with Crippen LogP contribution in [0, 0.1) is 22.7 Å². The van der Waals surface area contributed by atoms with E-state index in [1.165, 1.54) is 6.92 Å². The highest BCUT2D eigenvalue weighted by Gasteiger charge is 2.64. The summed E-state index contributed by atoms with van der Waals surface area (Å²) in [5.41, 5.74) is -1.13. The van der Waals surface area contributed by atoms with E-state index in [9.17, 15) is 13.2 Å². The van der Waals surface area contributed by atoms with Crippen molar-refractivity contribution in [1.29, 1.82) is 5.26 Å². The number of alkyl halides is 3. The van der Waals surface area contributed by atoms with Crippen molar-refractivity contribution in [2.75, 3.05) is 0 Å². The minimum Gasteiger partial charge on any atom is -0.198 e. The SMILES string of the molecule is CC1(C#N)CC1C(F)(F)F. The zero-order valence-electron chi connectivity index (χ0n) is 5.37. The Morgan fingerprint density at radius 2 is 2.10 bits per heavy atom. The van der Waals surface area contributed by atoms with E-state index in [0.29, 0.717) is 0 Å². The Hall–Kier alpha value is -0.720. The zero-order chi connectivity index (χ0) is 7.99. The van der Waals surface area contributed by atoms with Gasteiger partial charge in [0.15, 0.2) is 0 Å². The highest BCUT2D eigenvalue weighted by atomic mass is 19.4. The fraction of sp³-hybridized carbons (Fsp3) is 0.833. The molecule has 4 heteroatoms. The van der Waals surface area contributed by atoms with E-state index in [1.54, 1.807) is 6.07 Å². The van der Waals surface area contributed by atoms with Gasteiger partial charge in [-0.15, -0.1) is 0 Å². The largest absolute Gasteiger partial charge is 0.393 e. The molecule has 0 aromatic rings. The van der Waals surface area contributed by atoms with E-state index in [1.807, 2.05) is 0 Å². The maximum Gasteiger partial charge on any atom is 0.393 e. The molecule has 2 atom stereocenters. The summed E-state index contributed by atoms with van der Waals surface area (Å²) in [7, 11) is 0. The second-order valence-corrected chi connectivity index (χ2v) is 2.83. The van der Waals surface area contributed by atoms with E-state index in [0.717, 1.165) is 0 Å². The number of nitrogens with zero attached hydrogens (tertiary/aromatic N) is 1. The van der Waals surface area contributed by atoms with Crippen molar-refractivity contribution >= 4 is 0 Å². The Balaban J connectivity index is 2.63. The smallest absolute Gasteiger partial charge is 0.198 e. The summed E-state index contributed by atoms with van der Waals surface area (Å²) in [6.45, 7) is 1.34. The summed E-state index contributed by atoms with van der Waals surface area (Å²) in [5.74, 6) is -1.38. The lowest BCUT2D eigenvalue weighted by Crippen LogP contribution is -2.14. The third kappa shape index (κ3) is 0.962. The quantitative estimate of drug-likeness (QED) is 0.517. The summed E-state index contributed by atoms with van der Waals surface area (Å²) in [6.07, 6.45) is -4.21. The average molecular weight is 149 g/mol. The molecule has 0 aromatic heterocycles. The van der Waals surface area contributed by atoms with Crippen LogP contribution in [0.25, 0.3) is 0 Å². The number of rotatable bonds is 0. The summed E-state index contributed by atoms with van der Waals surface area (Å²) in [5, 5.41) is 8.25. The first-order valence-electron chi connectivity index (χ1n) is 2.88. The molecule has 0 aliphatic heterocycles. The molecule has 0 N–H and O–H groups in total. The second kappa shape index (κ2) is 1.66. The predicted octanol–water partition coefficient (Wildman–Crippen LogP) is 2.10. The van der Waals surface area contributed by atoms with E-state index in [2.05, 4.69) is 0 Å². The van der Waals surface area contributed by atoms with Gasteiger partial charge in [-0.25, -0.2) is 0 Å². The van der Waals surface area contributed by atoms with Gasteiger partial charge in [0.05, 0.1) is 17.4 Å². The molecule has 1 rings (SSSR count). The van der Waals surface area contributed by atoms with E-state index < -0.39 is 17.5 Å². The normalized spacial score (nSPS) is 38.9. The number of nitriles is 1. The first-order chi connectivity index (χ1) is 4.40. The van der Waals surface area contributed by atoms with Crippen LogP contribution < -0.4 is 0 Å². The summed E-state index contributed by atoms with van der Waals surface area (Å²) in [4.78, 5) is 0. The van der Waals surface area contributed by atoms with Crippen LogP contribution in [0.2, 0.25) is 0 Å². The second-order valence-electron chi connectivity index (χ2n) is 2.83. The number of hydrogen-bond acceptors (Lipinski definition) is 1. The van der Waals surface area contributed by atoms with Crippen molar-refractivity contribution in [1.82, 2.24) is 0 Å². The van der Waals surface area contributed by atoms with Gasteiger partial charge in [0, 0.05) is 0 Å². The van der Waals surface area contributed by atoms with Gasteiger partial charge in [-0.3, -0.25) is 0 Å². The Kier molecular flexibility index (Phi) is 1.22. The molecule has 56 valence electrons. The molecule has 0 aromatic carbocycles. The lowest BCUT2D eigenvalue weighted by atomic mass is 10.1. The van der Waals surface area contributed by atoms with Crippen LogP contribution in [-0.4, -0.2) is 6.18 Å². The maximum absolute atomic E-state index is 11.8. The van der Waals surface area contributed by atoms with Gasteiger partial charge in [0.1, 0.15) is 0 Å². The van der Waals surface area contributed by atoms with Crippen molar-refractivity contribution in [2.24, 2.45) is 11.3 Å². The molecule has 0 spiro atoms. The van der Waals surface area contributed by atoms with Crippen molar-refractivity contribution < 1.29 is 13.2 Å². The summed E-state index contributed by atoms with van der Waals surface area (Å²) < 4.78 is 35.3. The average Bonchev–Trinajstić information content (AvgIpc) is 2.43. The molecule has 0 heterocycles. The molecule has 0 radical (unpaired) electrons. The van der Waals surface area contributed by atoms with E-state index in [-0.39, 0.29) is 6.42 Å². The Bertz CT molecular complexity index is 190. The molecule has 0 amide bonds.